The molecule has 12 rings (SSSR count). The lowest BCUT2D eigenvalue weighted by Gasteiger charge is -2.44. The van der Waals surface area contributed by atoms with Crippen LogP contribution < -0.4 is 55.7 Å². The van der Waals surface area contributed by atoms with Crippen LogP contribution in [0.3, 0.4) is 0 Å². The number of hydrogen-bond acceptors (Lipinski definition) is 16. The summed E-state index contributed by atoms with van der Waals surface area (Å²) in [6.45, 7) is 11.5. The van der Waals surface area contributed by atoms with Crippen LogP contribution in [0.4, 0.5) is 23.0 Å². The largest absolute Gasteiger partial charge is 0.492 e. The van der Waals surface area contributed by atoms with Crippen LogP contribution in [0.5, 0.6) is 17.2 Å². The number of carbonyl (C=O) groups excluding carboxylic acids is 5. The number of likely N-dealkylation sites (tertiary alicyclic amines) is 2. The van der Waals surface area contributed by atoms with Gasteiger partial charge in [-0.25, -0.2) is 19.7 Å². The molecule has 91 heavy (non-hydrogen) atoms. The second-order valence-corrected chi connectivity index (χ2v) is 28.9. The van der Waals surface area contributed by atoms with Crippen molar-refractivity contribution in [2.45, 2.75) is 57.2 Å². The van der Waals surface area contributed by atoms with E-state index in [1.54, 1.807) is 30.3 Å². The SMILES string of the molecule is CN(C)c1ccc2c(c1)[Si](C)(C)c1cc(N(C)C)ccc1C21OC(=O)c2ccc(C(=O)NCCCC(=O)NCCOc3cc(C(=O)Nc4cc(OCCN5CCCC5)c5ccccc5n4)nc(C(=O)Nc4cc(OCCN5CCCC5)c5ccccc5n4)c3)cc21. The van der Waals surface area contributed by atoms with Crippen molar-refractivity contribution in [3.8, 4) is 17.2 Å². The van der Waals surface area contributed by atoms with E-state index >= 15 is 0 Å². The van der Waals surface area contributed by atoms with E-state index in [1.807, 2.05) is 76.7 Å². The molecule has 2 fully saturated rings. The molecule has 0 saturated carbocycles. The van der Waals surface area contributed by atoms with Gasteiger partial charge in [-0.2, -0.15) is 0 Å². The number of pyridine rings is 3. The van der Waals surface area contributed by atoms with Crippen LogP contribution in [0, 0.1) is 0 Å². The van der Waals surface area contributed by atoms with Gasteiger partial charge in [-0.15, -0.1) is 0 Å². The molecule has 2 saturated heterocycles. The van der Waals surface area contributed by atoms with Crippen LogP contribution in [0.1, 0.15) is 96.9 Å². The molecule has 8 aromatic rings. The van der Waals surface area contributed by atoms with Crippen LogP contribution in [-0.4, -0.2) is 163 Å². The van der Waals surface area contributed by atoms with Crippen molar-refractivity contribution in [1.82, 2.24) is 35.4 Å². The molecule has 0 atom stereocenters. The first-order valence-corrected chi connectivity index (χ1v) is 34.4. The van der Waals surface area contributed by atoms with E-state index in [9.17, 15) is 24.0 Å². The van der Waals surface area contributed by atoms with E-state index in [-0.39, 0.29) is 66.7 Å². The predicted molar refractivity (Wildman–Crippen MR) is 356 cm³/mol. The van der Waals surface area contributed by atoms with Gasteiger partial charge in [-0.3, -0.25) is 29.0 Å². The summed E-state index contributed by atoms with van der Waals surface area (Å²) in [5.41, 5.74) is 4.96. The van der Waals surface area contributed by atoms with E-state index in [1.165, 1.54) is 37.8 Å². The van der Waals surface area contributed by atoms with E-state index in [0.29, 0.717) is 58.9 Å². The van der Waals surface area contributed by atoms with E-state index in [2.05, 4.69) is 95.3 Å². The summed E-state index contributed by atoms with van der Waals surface area (Å²) in [5, 5.41) is 15.5. The number of fused-ring (bicyclic) bond motifs is 8. The molecular weight excluding hydrogens is 1170 g/mol. The molecule has 5 aromatic carbocycles. The van der Waals surface area contributed by atoms with Gasteiger partial charge in [0.2, 0.25) is 5.91 Å². The lowest BCUT2D eigenvalue weighted by Crippen LogP contribution is -2.63. The van der Waals surface area contributed by atoms with Crippen LogP contribution in [0.25, 0.3) is 21.8 Å². The zero-order valence-corrected chi connectivity index (χ0v) is 53.4. The average Bonchev–Trinajstić information content (AvgIpc) is 1.63. The molecule has 0 bridgehead atoms. The summed E-state index contributed by atoms with van der Waals surface area (Å²) < 4.78 is 25.4. The van der Waals surface area contributed by atoms with Crippen molar-refractivity contribution >= 4 is 92.9 Å². The molecule has 0 unspecified atom stereocenters. The Morgan fingerprint density at radius 2 is 1.10 bits per heavy atom. The number of ether oxygens (including phenoxy) is 4. The van der Waals surface area contributed by atoms with Gasteiger partial charge in [-0.05, 0) is 135 Å². The number of rotatable bonds is 23. The minimum atomic E-state index is -2.38. The third-order valence-electron chi connectivity index (χ3n) is 17.7. The van der Waals surface area contributed by atoms with Crippen LogP contribution in [-0.2, 0) is 15.1 Å². The quantitative estimate of drug-likeness (QED) is 0.0270. The van der Waals surface area contributed by atoms with Crippen LogP contribution >= 0.6 is 0 Å². The maximum atomic E-state index is 14.3. The Hall–Kier alpha value is -9.44. The smallest absolute Gasteiger partial charge is 0.340 e. The number of carbonyl (C=O) groups is 5. The van der Waals surface area contributed by atoms with Crippen molar-refractivity contribution < 1.29 is 42.9 Å². The van der Waals surface area contributed by atoms with Gasteiger partial charge in [0, 0.05) is 123 Å². The standard InChI is InChI=1S/C70H77N11O9Si/c1-78(2)46-22-25-52-61(39-46)91(5,6)62-40-47(79(3)4)23-26-53(62)70(52)54-38-45(21-24-49(54)69(86)90-70)66(83)72-27-15-20-65(82)71-28-35-87-48-41-57(67(84)76-63-43-59(50-16-7-9-18-55(50)74-63)88-36-33-80-29-11-12-30-80)73-58(42-48)68(85)77-64-44-60(51-17-8-10-19-56(51)75-64)89-37-34-81-31-13-14-32-81/h7-10,16-19,21-26,38-44H,11-15,20,27-37H2,1-6H3,(H,71,82)(H,72,83)(H,74,76,84)(H,75,77,85). The Balaban J connectivity index is 0.711. The highest BCUT2D eigenvalue weighted by Gasteiger charge is 2.56. The number of nitrogens with zero attached hydrogens (tertiary/aromatic N) is 7. The Kier molecular flexibility index (Phi) is 18.0. The van der Waals surface area contributed by atoms with E-state index in [4.69, 9.17) is 28.9 Å². The van der Waals surface area contributed by atoms with Gasteiger partial charge in [0.05, 0.1) is 23.1 Å². The summed E-state index contributed by atoms with van der Waals surface area (Å²) in [6.07, 6.45) is 5.10. The first-order chi connectivity index (χ1) is 44.0. The fourth-order valence-electron chi connectivity index (χ4n) is 12.8. The molecule has 20 nitrogen and oxygen atoms in total. The normalized spacial score (nSPS) is 15.3. The van der Waals surface area contributed by atoms with Crippen molar-refractivity contribution in [2.24, 2.45) is 0 Å². The number of anilines is 4. The lowest BCUT2D eigenvalue weighted by molar-refractivity contribution is -0.121. The highest BCUT2D eigenvalue weighted by molar-refractivity contribution is 7.01. The molecule has 4 aliphatic rings. The molecule has 470 valence electrons. The summed E-state index contributed by atoms with van der Waals surface area (Å²) in [6, 6.07) is 39.1. The Morgan fingerprint density at radius 3 is 1.63 bits per heavy atom. The molecule has 4 aliphatic heterocycles. The lowest BCUT2D eigenvalue weighted by atomic mass is 9.78. The van der Waals surface area contributed by atoms with E-state index in [0.717, 1.165) is 82.9 Å². The maximum absolute atomic E-state index is 14.3. The number of amides is 4. The van der Waals surface area contributed by atoms with Gasteiger partial charge in [0.25, 0.3) is 17.7 Å². The second-order valence-electron chi connectivity index (χ2n) is 24.6. The van der Waals surface area contributed by atoms with E-state index < -0.39 is 31.5 Å². The fourth-order valence-corrected chi connectivity index (χ4v) is 16.0. The first-order valence-electron chi connectivity index (χ1n) is 31.4. The Labute approximate surface area is 530 Å². The van der Waals surface area contributed by atoms with Gasteiger partial charge >= 0.3 is 5.97 Å². The number of aromatic nitrogens is 3. The number of esters is 1. The minimum absolute atomic E-state index is 0.0301. The predicted octanol–water partition coefficient (Wildman–Crippen LogP) is 8.07. The van der Waals surface area contributed by atoms with Crippen LogP contribution in [0.15, 0.2) is 127 Å². The zero-order chi connectivity index (χ0) is 63.4. The number of benzene rings is 5. The highest BCUT2D eigenvalue weighted by atomic mass is 28.3. The summed E-state index contributed by atoms with van der Waals surface area (Å²) in [5.74, 6) is -0.664. The van der Waals surface area contributed by atoms with Crippen molar-refractivity contribution in [2.75, 3.05) is 121 Å². The highest BCUT2D eigenvalue weighted by Crippen LogP contribution is 2.50. The molecule has 21 heteroatoms. The van der Waals surface area contributed by atoms with Gasteiger partial charge in [0.1, 0.15) is 68.2 Å². The molecule has 0 radical (unpaired) electrons. The topological polar surface area (TPSA) is 222 Å². The first kappa shape index (κ1) is 61.8. The fraction of sp³-hybridized carbons (Fsp3) is 0.343. The van der Waals surface area contributed by atoms with Crippen molar-refractivity contribution in [1.29, 1.82) is 0 Å². The molecular formula is C70H77N11O9Si. The molecule has 3 aromatic heterocycles. The zero-order valence-electron chi connectivity index (χ0n) is 52.4. The Morgan fingerprint density at radius 1 is 0.571 bits per heavy atom. The van der Waals surface area contributed by atoms with Crippen molar-refractivity contribution in [3.05, 3.63) is 167 Å². The second kappa shape index (κ2) is 26.6. The molecule has 0 aliphatic carbocycles. The summed E-state index contributed by atoms with van der Waals surface area (Å²) in [7, 11) is 5.66. The van der Waals surface area contributed by atoms with Gasteiger partial charge < -0.3 is 50.0 Å². The van der Waals surface area contributed by atoms with Gasteiger partial charge in [0.15, 0.2) is 5.60 Å². The molecule has 4 amide bonds. The van der Waals surface area contributed by atoms with Gasteiger partial charge in [-0.1, -0.05) is 49.5 Å². The monoisotopic (exact) mass is 1240 g/mol. The number of nitrogens with one attached hydrogen (secondary N) is 4. The maximum Gasteiger partial charge on any atom is 0.340 e. The molecule has 4 N–H and O–H groups in total. The third kappa shape index (κ3) is 13.1. The Bertz CT molecular complexity index is 3910. The minimum Gasteiger partial charge on any atom is -0.492 e. The average molecular weight is 1240 g/mol. The molecule has 1 spiro atoms. The number of hydrogen-bond donors (Lipinski definition) is 4. The number of para-hydroxylation sites is 2. The third-order valence-corrected chi connectivity index (χ3v) is 21.2. The molecule has 7 heterocycles. The van der Waals surface area contributed by atoms with Crippen molar-refractivity contribution in [3.63, 3.8) is 0 Å². The summed E-state index contributed by atoms with van der Waals surface area (Å²) >= 11 is 0. The van der Waals surface area contributed by atoms with Crippen LogP contribution in [0.2, 0.25) is 13.1 Å². The summed E-state index contributed by atoms with van der Waals surface area (Å²) in [4.78, 5) is 92.6.